The molecule has 2 rings (SSSR count). The second-order valence-corrected chi connectivity index (χ2v) is 7.25. The predicted molar refractivity (Wildman–Crippen MR) is 80.8 cm³/mol. The Balaban J connectivity index is 2.33. The first-order valence-corrected chi connectivity index (χ1v) is 7.85. The normalized spacial score (nSPS) is 12.5. The molecule has 0 N–H and O–H groups in total. The predicted octanol–water partition coefficient (Wildman–Crippen LogP) is 5.80. The van der Waals surface area contributed by atoms with Crippen LogP contribution in [0.2, 0.25) is 5.02 Å². The molecule has 0 saturated carbocycles. The fraction of sp³-hybridized carbons (Fsp3) is 0.167. The third-order valence-corrected chi connectivity index (χ3v) is 6.25. The molecule has 0 bridgehead atoms. The number of benzene rings is 1. The van der Waals surface area contributed by atoms with Crippen LogP contribution in [0.15, 0.2) is 28.1 Å². The van der Waals surface area contributed by atoms with Gasteiger partial charge in [-0.25, -0.2) is 4.39 Å². The summed E-state index contributed by atoms with van der Waals surface area (Å²) in [6.45, 7) is 0. The minimum absolute atomic E-state index is 0.0910. The molecule has 0 spiro atoms. The molecule has 0 saturated heterocycles. The quantitative estimate of drug-likeness (QED) is 0.577. The van der Waals surface area contributed by atoms with Gasteiger partial charge >= 0.3 is 0 Å². The zero-order valence-electron chi connectivity index (χ0n) is 9.22. The van der Waals surface area contributed by atoms with Crippen molar-refractivity contribution in [3.63, 3.8) is 0 Å². The van der Waals surface area contributed by atoms with Crippen LogP contribution < -0.4 is 4.74 Å². The van der Waals surface area contributed by atoms with Gasteiger partial charge in [0.05, 0.1) is 20.7 Å². The summed E-state index contributed by atoms with van der Waals surface area (Å²) >= 11 is 14.4. The maximum absolute atomic E-state index is 13.6. The number of halogens is 4. The number of methoxy groups -OCH3 is 1. The first-order chi connectivity index (χ1) is 8.52. The van der Waals surface area contributed by atoms with E-state index >= 15 is 0 Å². The fourth-order valence-electron chi connectivity index (χ4n) is 1.49. The van der Waals surface area contributed by atoms with Crippen LogP contribution in [0.3, 0.4) is 0 Å². The molecule has 1 aromatic heterocycles. The third-order valence-electron chi connectivity index (χ3n) is 2.38. The van der Waals surface area contributed by atoms with Gasteiger partial charge in [0.15, 0.2) is 11.6 Å². The van der Waals surface area contributed by atoms with Gasteiger partial charge in [-0.3, -0.25) is 0 Å². The Morgan fingerprint density at radius 3 is 2.61 bits per heavy atom. The van der Waals surface area contributed by atoms with E-state index in [4.69, 9.17) is 16.3 Å². The molecule has 0 radical (unpaired) electrons. The van der Waals surface area contributed by atoms with Crippen molar-refractivity contribution >= 4 is 54.8 Å². The number of hydrogen-bond acceptors (Lipinski definition) is 2. The summed E-state index contributed by atoms with van der Waals surface area (Å²) in [7, 11) is 1.44. The molecule has 96 valence electrons. The van der Waals surface area contributed by atoms with Gasteiger partial charge in [0.25, 0.3) is 0 Å². The van der Waals surface area contributed by atoms with Crippen LogP contribution in [0.5, 0.6) is 5.75 Å². The summed E-state index contributed by atoms with van der Waals surface area (Å²) in [4.78, 5) is 0.920. The lowest BCUT2D eigenvalue weighted by atomic mass is 10.1. The Morgan fingerprint density at radius 2 is 2.11 bits per heavy atom. The van der Waals surface area contributed by atoms with Gasteiger partial charge in [0, 0.05) is 4.88 Å². The highest BCUT2D eigenvalue weighted by molar-refractivity contribution is 9.11. The molecule has 2 aromatic rings. The second kappa shape index (κ2) is 5.90. The van der Waals surface area contributed by atoms with E-state index in [0.717, 1.165) is 14.2 Å². The topological polar surface area (TPSA) is 9.23 Å². The van der Waals surface area contributed by atoms with E-state index in [9.17, 15) is 4.39 Å². The van der Waals surface area contributed by atoms with Gasteiger partial charge in [-0.1, -0.05) is 33.6 Å². The number of thiophene rings is 1. The molecule has 1 atom stereocenters. The molecule has 0 aliphatic heterocycles. The smallest absolute Gasteiger partial charge is 0.165 e. The van der Waals surface area contributed by atoms with Crippen molar-refractivity contribution in [1.82, 2.24) is 0 Å². The molecule has 1 heterocycles. The van der Waals surface area contributed by atoms with Gasteiger partial charge in [0.1, 0.15) is 0 Å². The minimum atomic E-state index is -0.374. The molecular formula is C12H8Br2ClFOS. The summed E-state index contributed by atoms with van der Waals surface area (Å²) < 4.78 is 19.4. The van der Waals surface area contributed by atoms with Crippen molar-refractivity contribution in [2.24, 2.45) is 0 Å². The van der Waals surface area contributed by atoms with Crippen LogP contribution in [0.25, 0.3) is 0 Å². The second-order valence-electron chi connectivity index (χ2n) is 3.53. The Labute approximate surface area is 130 Å². The first-order valence-electron chi connectivity index (χ1n) is 4.95. The maximum Gasteiger partial charge on any atom is 0.165 e. The average molecular weight is 415 g/mol. The number of rotatable bonds is 3. The van der Waals surface area contributed by atoms with Gasteiger partial charge < -0.3 is 4.74 Å². The molecule has 0 amide bonds. The lowest BCUT2D eigenvalue weighted by molar-refractivity contribution is 0.386. The molecule has 18 heavy (non-hydrogen) atoms. The van der Waals surface area contributed by atoms with Gasteiger partial charge in [-0.15, -0.1) is 11.3 Å². The molecule has 0 aliphatic carbocycles. The lowest BCUT2D eigenvalue weighted by Crippen LogP contribution is -1.93. The molecular weight excluding hydrogens is 406 g/mol. The highest BCUT2D eigenvalue weighted by Crippen LogP contribution is 2.41. The SMILES string of the molecule is COc1ccc(C(Br)c2cc(Cl)c(Br)s2)cc1F. The maximum atomic E-state index is 13.6. The van der Waals surface area contributed by atoms with Gasteiger partial charge in [0.2, 0.25) is 0 Å². The standard InChI is InChI=1S/C12H8Br2ClFOS/c1-17-9-3-2-6(4-8(9)16)11(13)10-5-7(15)12(14)18-10/h2-5,11H,1H3. The molecule has 0 aliphatic rings. The van der Waals surface area contributed by atoms with E-state index in [-0.39, 0.29) is 16.4 Å². The van der Waals surface area contributed by atoms with Gasteiger partial charge in [-0.2, -0.15) is 0 Å². The van der Waals surface area contributed by atoms with E-state index in [0.29, 0.717) is 5.02 Å². The van der Waals surface area contributed by atoms with E-state index in [2.05, 4.69) is 31.9 Å². The van der Waals surface area contributed by atoms with E-state index < -0.39 is 0 Å². The van der Waals surface area contributed by atoms with E-state index in [1.165, 1.54) is 24.5 Å². The first kappa shape index (κ1) is 14.3. The van der Waals surface area contributed by atoms with Crippen LogP contribution in [-0.4, -0.2) is 7.11 Å². The highest BCUT2D eigenvalue weighted by Gasteiger charge is 2.16. The van der Waals surface area contributed by atoms with E-state index in [1.54, 1.807) is 6.07 Å². The summed E-state index contributed by atoms with van der Waals surface area (Å²) in [5.41, 5.74) is 0.818. The van der Waals surface area contributed by atoms with Crippen molar-refractivity contribution in [3.8, 4) is 5.75 Å². The Bertz CT molecular complexity index is 554. The Kier molecular flexibility index (Phi) is 4.69. The van der Waals surface area contributed by atoms with Crippen molar-refractivity contribution in [3.05, 3.63) is 49.3 Å². The minimum Gasteiger partial charge on any atom is -0.494 e. The fourth-order valence-corrected chi connectivity index (χ4v) is 3.94. The van der Waals surface area contributed by atoms with Crippen LogP contribution in [0.1, 0.15) is 15.3 Å². The summed E-state index contributed by atoms with van der Waals surface area (Å²) in [6.07, 6.45) is 0. The molecule has 1 aromatic carbocycles. The number of hydrogen-bond donors (Lipinski definition) is 0. The number of ether oxygens (including phenoxy) is 1. The molecule has 6 heteroatoms. The lowest BCUT2D eigenvalue weighted by Gasteiger charge is -2.09. The highest BCUT2D eigenvalue weighted by atomic mass is 79.9. The van der Waals surface area contributed by atoms with Crippen LogP contribution >= 0.6 is 54.8 Å². The summed E-state index contributed by atoms with van der Waals surface area (Å²) in [6, 6.07) is 6.75. The largest absolute Gasteiger partial charge is 0.494 e. The van der Waals surface area contributed by atoms with Crippen LogP contribution in [0, 0.1) is 5.82 Å². The molecule has 1 nitrogen and oxygen atoms in total. The summed E-state index contributed by atoms with van der Waals surface area (Å²) in [5, 5.41) is 0.661. The van der Waals surface area contributed by atoms with Crippen molar-refractivity contribution < 1.29 is 9.13 Å². The zero-order chi connectivity index (χ0) is 13.3. The van der Waals surface area contributed by atoms with E-state index in [1.807, 2.05) is 12.1 Å². The zero-order valence-corrected chi connectivity index (χ0v) is 14.0. The van der Waals surface area contributed by atoms with Crippen molar-refractivity contribution in [2.75, 3.05) is 7.11 Å². The van der Waals surface area contributed by atoms with Crippen molar-refractivity contribution in [1.29, 1.82) is 0 Å². The molecule has 1 unspecified atom stereocenters. The monoisotopic (exact) mass is 412 g/mol. The summed E-state index contributed by atoms with van der Waals surface area (Å²) in [5.74, 6) is -0.134. The third kappa shape index (κ3) is 2.90. The molecule has 0 fully saturated rings. The van der Waals surface area contributed by atoms with Crippen LogP contribution in [-0.2, 0) is 0 Å². The Hall–Kier alpha value is -0.100. The van der Waals surface area contributed by atoms with Gasteiger partial charge in [-0.05, 0) is 39.7 Å². The van der Waals surface area contributed by atoms with Crippen LogP contribution in [0.4, 0.5) is 4.39 Å². The number of alkyl halides is 1. The van der Waals surface area contributed by atoms with Crippen molar-refractivity contribution in [2.45, 2.75) is 4.83 Å². The average Bonchev–Trinajstić information content (AvgIpc) is 2.68. The Morgan fingerprint density at radius 1 is 1.39 bits per heavy atom.